The zero-order valence-electron chi connectivity index (χ0n) is 10.5. The minimum Gasteiger partial charge on any atom is -0.343 e. The molecule has 5 nitrogen and oxygen atoms in total. The van der Waals surface area contributed by atoms with Crippen LogP contribution in [0.1, 0.15) is 25.7 Å². The number of hydrogen-bond acceptors (Lipinski definition) is 2. The van der Waals surface area contributed by atoms with Crippen molar-refractivity contribution in [3.63, 3.8) is 0 Å². The Bertz CT molecular complexity index is 316. The summed E-state index contributed by atoms with van der Waals surface area (Å²) in [6.45, 7) is 3.06. The molecule has 3 amide bonds. The number of amides is 3. The lowest BCUT2D eigenvalue weighted by Gasteiger charge is -2.36. The summed E-state index contributed by atoms with van der Waals surface area (Å²) in [5.41, 5.74) is 0. The van der Waals surface area contributed by atoms with E-state index in [2.05, 4.69) is 5.32 Å². The third-order valence-corrected chi connectivity index (χ3v) is 3.94. The molecule has 2 aliphatic heterocycles. The van der Waals surface area contributed by atoms with Gasteiger partial charge in [0, 0.05) is 44.5 Å². The fourth-order valence-electron chi connectivity index (χ4n) is 2.64. The van der Waals surface area contributed by atoms with Crippen molar-refractivity contribution < 1.29 is 9.59 Å². The first-order valence-corrected chi connectivity index (χ1v) is 7.14. The monoisotopic (exact) mass is 273 g/mol. The lowest BCUT2D eigenvalue weighted by Crippen LogP contribution is -2.47. The van der Waals surface area contributed by atoms with Gasteiger partial charge in [-0.25, -0.2) is 4.79 Å². The maximum absolute atomic E-state index is 11.8. The Morgan fingerprint density at radius 1 is 1.33 bits per heavy atom. The van der Waals surface area contributed by atoms with E-state index in [1.165, 1.54) is 0 Å². The summed E-state index contributed by atoms with van der Waals surface area (Å²) in [7, 11) is 0. The van der Waals surface area contributed by atoms with E-state index in [1.54, 1.807) is 0 Å². The van der Waals surface area contributed by atoms with Gasteiger partial charge in [0.1, 0.15) is 0 Å². The molecule has 2 heterocycles. The molecular formula is C12H20ClN3O2. The van der Waals surface area contributed by atoms with Crippen LogP contribution in [0, 0.1) is 0 Å². The van der Waals surface area contributed by atoms with Gasteiger partial charge in [-0.1, -0.05) is 0 Å². The lowest BCUT2D eigenvalue weighted by molar-refractivity contribution is -0.132. The van der Waals surface area contributed by atoms with Crippen molar-refractivity contribution in [1.29, 1.82) is 0 Å². The zero-order valence-corrected chi connectivity index (χ0v) is 11.3. The highest BCUT2D eigenvalue weighted by Gasteiger charge is 2.31. The number of carbonyl (C=O) groups excluding carboxylic acids is 2. The van der Waals surface area contributed by atoms with Crippen LogP contribution in [0.3, 0.4) is 0 Å². The summed E-state index contributed by atoms with van der Waals surface area (Å²) in [5, 5.41) is 2.82. The van der Waals surface area contributed by atoms with Crippen LogP contribution in [0.25, 0.3) is 0 Å². The average Bonchev–Trinajstić information content (AvgIpc) is 2.82. The molecule has 0 atom stereocenters. The molecule has 102 valence electrons. The van der Waals surface area contributed by atoms with Gasteiger partial charge in [0.25, 0.3) is 0 Å². The van der Waals surface area contributed by atoms with Gasteiger partial charge in [0.05, 0.1) is 0 Å². The van der Waals surface area contributed by atoms with Crippen molar-refractivity contribution in [3.8, 4) is 0 Å². The Labute approximate surface area is 112 Å². The minimum absolute atomic E-state index is 0.0434. The van der Waals surface area contributed by atoms with Crippen LogP contribution in [0.4, 0.5) is 4.79 Å². The van der Waals surface area contributed by atoms with E-state index in [0.29, 0.717) is 18.3 Å². The second-order valence-electron chi connectivity index (χ2n) is 4.83. The van der Waals surface area contributed by atoms with Crippen molar-refractivity contribution in [2.75, 3.05) is 32.1 Å². The fraction of sp³-hybridized carbons (Fsp3) is 0.833. The average molecular weight is 274 g/mol. The van der Waals surface area contributed by atoms with E-state index in [4.69, 9.17) is 11.6 Å². The maximum Gasteiger partial charge on any atom is 0.317 e. The number of halogens is 1. The third kappa shape index (κ3) is 3.07. The molecule has 0 unspecified atom stereocenters. The van der Waals surface area contributed by atoms with Crippen LogP contribution in [0.15, 0.2) is 0 Å². The van der Waals surface area contributed by atoms with E-state index < -0.39 is 0 Å². The summed E-state index contributed by atoms with van der Waals surface area (Å²) >= 11 is 5.59. The second kappa shape index (κ2) is 6.27. The molecule has 2 rings (SSSR count). The zero-order chi connectivity index (χ0) is 13.0. The van der Waals surface area contributed by atoms with Gasteiger partial charge in [-0.15, -0.1) is 11.6 Å². The van der Waals surface area contributed by atoms with E-state index >= 15 is 0 Å². The second-order valence-corrected chi connectivity index (χ2v) is 5.21. The number of nitrogens with one attached hydrogen (secondary N) is 1. The number of piperidine rings is 1. The molecule has 0 bridgehead atoms. The van der Waals surface area contributed by atoms with Crippen molar-refractivity contribution in [3.05, 3.63) is 0 Å². The van der Waals surface area contributed by atoms with Gasteiger partial charge in [-0.3, -0.25) is 4.79 Å². The van der Waals surface area contributed by atoms with Crippen LogP contribution in [0.2, 0.25) is 0 Å². The van der Waals surface area contributed by atoms with Crippen LogP contribution in [-0.4, -0.2) is 59.8 Å². The molecule has 1 N–H and O–H groups in total. The topological polar surface area (TPSA) is 52.7 Å². The number of rotatable bonds is 4. The first kappa shape index (κ1) is 13.5. The number of alkyl halides is 1. The first-order chi connectivity index (χ1) is 8.72. The van der Waals surface area contributed by atoms with Crippen LogP contribution in [0.5, 0.6) is 0 Å². The highest BCUT2D eigenvalue weighted by molar-refractivity contribution is 6.17. The van der Waals surface area contributed by atoms with E-state index in [9.17, 15) is 9.59 Å². The summed E-state index contributed by atoms with van der Waals surface area (Å²) in [4.78, 5) is 27.2. The Balaban J connectivity index is 1.77. The molecule has 0 aromatic carbocycles. The number of urea groups is 1. The predicted molar refractivity (Wildman–Crippen MR) is 69.7 cm³/mol. The minimum atomic E-state index is 0.0434. The van der Waals surface area contributed by atoms with Crippen LogP contribution < -0.4 is 5.32 Å². The van der Waals surface area contributed by atoms with E-state index in [-0.39, 0.29) is 11.9 Å². The Hall–Kier alpha value is -0.970. The van der Waals surface area contributed by atoms with Gasteiger partial charge >= 0.3 is 6.03 Å². The predicted octanol–water partition coefficient (Wildman–Crippen LogP) is 1.02. The Kier molecular flexibility index (Phi) is 4.69. The third-order valence-electron chi connectivity index (χ3n) is 3.67. The van der Waals surface area contributed by atoms with Gasteiger partial charge in [-0.2, -0.15) is 0 Å². The molecule has 0 spiro atoms. The number of carbonyl (C=O) groups is 2. The summed E-state index contributed by atoms with van der Waals surface area (Å²) < 4.78 is 0. The van der Waals surface area contributed by atoms with Gasteiger partial charge in [-0.05, 0) is 19.3 Å². The highest BCUT2D eigenvalue weighted by atomic mass is 35.5. The van der Waals surface area contributed by atoms with Crippen molar-refractivity contribution in [2.24, 2.45) is 0 Å². The van der Waals surface area contributed by atoms with Gasteiger partial charge < -0.3 is 15.1 Å². The summed E-state index contributed by atoms with van der Waals surface area (Å²) in [6, 6.07) is 0.339. The number of likely N-dealkylation sites (tertiary alicyclic amines) is 1. The lowest BCUT2D eigenvalue weighted by atomic mass is 10.0. The molecule has 0 radical (unpaired) electrons. The van der Waals surface area contributed by atoms with E-state index in [1.807, 2.05) is 9.80 Å². The van der Waals surface area contributed by atoms with Crippen molar-refractivity contribution in [2.45, 2.75) is 31.7 Å². The first-order valence-electron chi connectivity index (χ1n) is 6.60. The van der Waals surface area contributed by atoms with E-state index in [0.717, 1.165) is 45.4 Å². The maximum atomic E-state index is 11.8. The largest absolute Gasteiger partial charge is 0.343 e. The molecule has 0 aliphatic carbocycles. The molecule has 18 heavy (non-hydrogen) atoms. The number of nitrogens with zero attached hydrogens (tertiary/aromatic N) is 2. The van der Waals surface area contributed by atoms with Crippen molar-refractivity contribution >= 4 is 23.5 Å². The fourth-order valence-corrected chi connectivity index (χ4v) is 2.77. The molecule has 2 aliphatic rings. The smallest absolute Gasteiger partial charge is 0.317 e. The number of hydrogen-bond donors (Lipinski definition) is 1. The normalized spacial score (nSPS) is 21.3. The van der Waals surface area contributed by atoms with Crippen LogP contribution in [-0.2, 0) is 4.79 Å². The van der Waals surface area contributed by atoms with Crippen LogP contribution >= 0.6 is 11.6 Å². The molecule has 0 aromatic heterocycles. The molecule has 2 fully saturated rings. The quantitative estimate of drug-likeness (QED) is 0.778. The Morgan fingerprint density at radius 3 is 2.61 bits per heavy atom. The summed E-state index contributed by atoms with van der Waals surface area (Å²) in [6.07, 6.45) is 3.06. The molecule has 6 heteroatoms. The van der Waals surface area contributed by atoms with Gasteiger partial charge in [0.2, 0.25) is 5.91 Å². The van der Waals surface area contributed by atoms with Gasteiger partial charge in [0.15, 0.2) is 0 Å². The summed E-state index contributed by atoms with van der Waals surface area (Å²) in [5.74, 6) is 0.732. The highest BCUT2D eigenvalue weighted by Crippen LogP contribution is 2.19. The Morgan fingerprint density at radius 2 is 2.06 bits per heavy atom. The molecular weight excluding hydrogens is 254 g/mol. The van der Waals surface area contributed by atoms with Crippen molar-refractivity contribution in [1.82, 2.24) is 15.1 Å². The standard InChI is InChI=1S/C12H20ClN3O2/c13-5-1-2-11(17)15-7-3-10(4-8-15)16-9-6-14-12(16)18/h10H,1-9H2,(H,14,18). The molecule has 2 saturated heterocycles. The SMILES string of the molecule is O=C(CCCCl)N1CCC(N2CCNC2=O)CC1. The molecule has 0 saturated carbocycles. The molecule has 0 aromatic rings.